The van der Waals surface area contributed by atoms with Gasteiger partial charge in [-0.05, 0) is 63.5 Å². The molecule has 2 amide bonds. The highest BCUT2D eigenvalue weighted by atomic mass is 16.5. The van der Waals surface area contributed by atoms with Gasteiger partial charge in [-0.3, -0.25) is 19.6 Å². The molecule has 2 aromatic carbocycles. The summed E-state index contributed by atoms with van der Waals surface area (Å²) in [6.45, 7) is 2.59. The van der Waals surface area contributed by atoms with E-state index in [-0.39, 0.29) is 23.9 Å². The van der Waals surface area contributed by atoms with Gasteiger partial charge >= 0.3 is 0 Å². The zero-order valence-electron chi connectivity index (χ0n) is 24.3. The molecule has 2 atom stereocenters. The van der Waals surface area contributed by atoms with E-state index in [9.17, 15) is 9.59 Å². The Morgan fingerprint density at radius 2 is 1.12 bits per heavy atom. The molecule has 10 nitrogen and oxygen atoms in total. The summed E-state index contributed by atoms with van der Waals surface area (Å²) in [7, 11) is 3.17. The van der Waals surface area contributed by atoms with Crippen molar-refractivity contribution in [2.45, 2.75) is 63.5 Å². The van der Waals surface area contributed by atoms with E-state index in [2.05, 4.69) is 9.98 Å². The topological polar surface area (TPSA) is 102 Å². The number of nitrogens with zero attached hydrogens (tertiary/aromatic N) is 4. The maximum atomic E-state index is 13.0. The summed E-state index contributed by atoms with van der Waals surface area (Å²) < 4.78 is 23.2. The molecule has 4 aliphatic rings. The molecule has 0 aromatic heterocycles. The fourth-order valence-corrected chi connectivity index (χ4v) is 6.16. The highest BCUT2D eigenvalue weighted by Gasteiger charge is 2.33. The number of unbranched alkanes of at least 4 members (excludes halogenated alkanes) is 3. The fraction of sp³-hybridized carbons (Fsp3) is 0.500. The second kappa shape index (κ2) is 12.4. The molecule has 0 aliphatic carbocycles. The van der Waals surface area contributed by atoms with Crippen LogP contribution in [0.3, 0.4) is 0 Å². The second-order valence-electron chi connectivity index (χ2n) is 11.1. The highest BCUT2D eigenvalue weighted by Crippen LogP contribution is 2.39. The van der Waals surface area contributed by atoms with Gasteiger partial charge in [0.25, 0.3) is 11.8 Å². The first-order chi connectivity index (χ1) is 20.6. The maximum absolute atomic E-state index is 13.0. The van der Waals surface area contributed by atoms with Crippen LogP contribution in [0.25, 0.3) is 0 Å². The van der Waals surface area contributed by atoms with E-state index >= 15 is 0 Å². The summed E-state index contributed by atoms with van der Waals surface area (Å²) in [5.41, 5.74) is 2.38. The predicted molar refractivity (Wildman–Crippen MR) is 160 cm³/mol. The Hall–Kier alpha value is -4.08. The molecule has 4 heterocycles. The van der Waals surface area contributed by atoms with Crippen LogP contribution in [0.1, 0.15) is 72.1 Å². The smallest absolute Gasteiger partial charge is 0.256 e. The number of hydrogen-bond acceptors (Lipinski definition) is 8. The molecule has 2 fully saturated rings. The van der Waals surface area contributed by atoms with Gasteiger partial charge in [0.15, 0.2) is 23.0 Å². The quantitative estimate of drug-likeness (QED) is 0.335. The molecule has 10 heteroatoms. The zero-order valence-corrected chi connectivity index (χ0v) is 24.3. The third-order valence-corrected chi connectivity index (χ3v) is 8.47. The lowest BCUT2D eigenvalue weighted by atomic mass is 10.1. The molecule has 2 aromatic rings. The average Bonchev–Trinajstić information content (AvgIpc) is 3.64. The Morgan fingerprint density at radius 1 is 0.667 bits per heavy atom. The Kier molecular flexibility index (Phi) is 8.30. The van der Waals surface area contributed by atoms with Gasteiger partial charge in [0.05, 0.1) is 62.0 Å². The van der Waals surface area contributed by atoms with E-state index in [0.29, 0.717) is 58.7 Å². The van der Waals surface area contributed by atoms with Crippen LogP contribution in [0.5, 0.6) is 23.0 Å². The van der Waals surface area contributed by atoms with Crippen molar-refractivity contribution in [3.05, 3.63) is 35.4 Å². The van der Waals surface area contributed by atoms with Gasteiger partial charge in [0.1, 0.15) is 0 Å². The maximum Gasteiger partial charge on any atom is 0.256 e. The number of hydrogen-bond donors (Lipinski definition) is 0. The largest absolute Gasteiger partial charge is 0.493 e. The number of carbonyl (C=O) groups is 2. The van der Waals surface area contributed by atoms with Gasteiger partial charge in [0, 0.05) is 37.7 Å². The van der Waals surface area contributed by atoms with Crippen LogP contribution in [-0.2, 0) is 0 Å². The third kappa shape index (κ3) is 5.54. The van der Waals surface area contributed by atoms with Crippen molar-refractivity contribution in [2.75, 3.05) is 40.5 Å². The molecule has 2 saturated heterocycles. The number of carbonyl (C=O) groups excluding carboxylic acids is 2. The molecule has 42 heavy (non-hydrogen) atoms. The first kappa shape index (κ1) is 28.1. The van der Waals surface area contributed by atoms with Crippen molar-refractivity contribution in [1.29, 1.82) is 0 Å². The first-order valence-corrected chi connectivity index (χ1v) is 15.0. The number of benzene rings is 2. The fourth-order valence-electron chi connectivity index (χ4n) is 6.16. The Morgan fingerprint density at radius 3 is 1.55 bits per heavy atom. The van der Waals surface area contributed by atoms with Crippen LogP contribution >= 0.6 is 0 Å². The molecular weight excluding hydrogens is 536 g/mol. The molecule has 0 N–H and O–H groups in total. The lowest BCUT2D eigenvalue weighted by Crippen LogP contribution is -2.35. The van der Waals surface area contributed by atoms with Crippen LogP contribution in [0.2, 0.25) is 0 Å². The Bertz CT molecular complexity index is 1300. The normalized spacial score (nSPS) is 20.4. The van der Waals surface area contributed by atoms with Gasteiger partial charge in [0.2, 0.25) is 0 Å². The minimum atomic E-state index is 0.00195. The van der Waals surface area contributed by atoms with E-state index in [1.165, 1.54) is 0 Å². The summed E-state index contributed by atoms with van der Waals surface area (Å²) in [6.07, 6.45) is 11.3. The van der Waals surface area contributed by atoms with Crippen LogP contribution in [-0.4, -0.2) is 86.6 Å². The van der Waals surface area contributed by atoms with E-state index < -0.39 is 0 Å². The number of fused-ring (bicyclic) bond motifs is 4. The summed E-state index contributed by atoms with van der Waals surface area (Å²) >= 11 is 0. The molecule has 0 radical (unpaired) electrons. The predicted octanol–water partition coefficient (Wildman–Crippen LogP) is 5.36. The van der Waals surface area contributed by atoms with E-state index in [1.54, 1.807) is 26.4 Å². The van der Waals surface area contributed by atoms with Gasteiger partial charge in [-0.2, -0.15) is 0 Å². The van der Waals surface area contributed by atoms with Crippen LogP contribution in [0.15, 0.2) is 34.3 Å². The third-order valence-electron chi connectivity index (χ3n) is 8.47. The van der Waals surface area contributed by atoms with Crippen LogP contribution < -0.4 is 18.9 Å². The van der Waals surface area contributed by atoms with Crippen LogP contribution in [0.4, 0.5) is 11.4 Å². The van der Waals surface area contributed by atoms with Crippen molar-refractivity contribution in [3.63, 3.8) is 0 Å². The SMILES string of the molecule is COc1cc2c(cc1OCCCCCCOc1cc3c(cc1OC)C(=O)N1CCC[C@H]1C=N3)N=C[C@@H]1CCCN1C2=O. The molecule has 222 valence electrons. The second-order valence-corrected chi connectivity index (χ2v) is 11.1. The van der Waals surface area contributed by atoms with Crippen molar-refractivity contribution in [2.24, 2.45) is 9.98 Å². The van der Waals surface area contributed by atoms with Gasteiger partial charge < -0.3 is 28.7 Å². The lowest BCUT2D eigenvalue weighted by Gasteiger charge is -2.20. The average molecular weight is 575 g/mol. The lowest BCUT2D eigenvalue weighted by molar-refractivity contribution is 0.0766. The van der Waals surface area contributed by atoms with Crippen molar-refractivity contribution in [3.8, 4) is 23.0 Å². The number of ether oxygens (including phenoxy) is 4. The van der Waals surface area contributed by atoms with Gasteiger partial charge in [-0.1, -0.05) is 0 Å². The number of amides is 2. The summed E-state index contributed by atoms with van der Waals surface area (Å²) in [4.78, 5) is 39.1. The molecule has 6 rings (SSSR count). The van der Waals surface area contributed by atoms with Crippen molar-refractivity contribution < 1.29 is 28.5 Å². The minimum Gasteiger partial charge on any atom is -0.493 e. The van der Waals surface area contributed by atoms with Crippen LogP contribution in [0, 0.1) is 0 Å². The molecule has 0 saturated carbocycles. The van der Waals surface area contributed by atoms with E-state index in [1.807, 2.05) is 34.4 Å². The summed E-state index contributed by atoms with van der Waals surface area (Å²) in [5.74, 6) is 2.30. The van der Waals surface area contributed by atoms with Crippen molar-refractivity contribution >= 4 is 35.6 Å². The highest BCUT2D eigenvalue weighted by molar-refractivity contribution is 6.04. The van der Waals surface area contributed by atoms with Gasteiger partial charge in [-0.15, -0.1) is 0 Å². The Labute approximate surface area is 246 Å². The summed E-state index contributed by atoms with van der Waals surface area (Å²) in [6, 6.07) is 7.27. The molecule has 0 bridgehead atoms. The molecular formula is C32H38N4O6. The first-order valence-electron chi connectivity index (χ1n) is 15.0. The molecule has 0 spiro atoms. The molecule has 4 aliphatic heterocycles. The Balaban J connectivity index is 0.978. The number of rotatable bonds is 11. The number of aliphatic imine (C=N–C) groups is 2. The minimum absolute atomic E-state index is 0.00195. The number of methoxy groups -OCH3 is 2. The monoisotopic (exact) mass is 574 g/mol. The van der Waals surface area contributed by atoms with E-state index in [0.717, 1.165) is 64.5 Å². The van der Waals surface area contributed by atoms with E-state index in [4.69, 9.17) is 18.9 Å². The zero-order chi connectivity index (χ0) is 29.1. The molecule has 0 unspecified atom stereocenters. The van der Waals surface area contributed by atoms with Gasteiger partial charge in [-0.25, -0.2) is 0 Å². The summed E-state index contributed by atoms with van der Waals surface area (Å²) in [5, 5.41) is 0. The standard InChI is InChI=1S/C32H38N4O6/c1-39-27-15-23-25(33-19-21-9-7-11-35(21)31(23)37)17-29(27)41-13-5-3-4-6-14-42-30-18-26-24(16-28(30)40-2)32(38)36-12-8-10-22(36)20-34-26/h15-22H,3-14H2,1-2H3/t21-,22-/m0/s1. The van der Waals surface area contributed by atoms with Crippen molar-refractivity contribution in [1.82, 2.24) is 9.80 Å².